The summed E-state index contributed by atoms with van der Waals surface area (Å²) < 4.78 is 5.55. The van der Waals surface area contributed by atoms with E-state index in [1.165, 1.54) is 4.90 Å². The molecule has 0 saturated heterocycles. The number of hydrogen-bond donors (Lipinski definition) is 1. The molecule has 1 aromatic carbocycles. The number of para-hydroxylation sites is 1. The molecular weight excluding hydrogens is 258 g/mol. The number of benzene rings is 1. The van der Waals surface area contributed by atoms with Crippen molar-refractivity contribution in [1.82, 2.24) is 4.90 Å². The Bertz CT molecular complexity index is 538. The Kier molecular flexibility index (Phi) is 3.34. The number of carbonyl (C=O) groups is 2. The number of nitrogens with zero attached hydrogens (tertiary/aromatic N) is 1. The molecule has 2 aliphatic rings. The van der Waals surface area contributed by atoms with Gasteiger partial charge in [0.25, 0.3) is 0 Å². The van der Waals surface area contributed by atoms with Crippen LogP contribution in [0.2, 0.25) is 0 Å². The molecule has 0 bridgehead atoms. The lowest BCUT2D eigenvalue weighted by Gasteiger charge is -2.30. The van der Waals surface area contributed by atoms with Gasteiger partial charge < -0.3 is 14.7 Å². The number of amides is 1. The molecule has 3 rings (SSSR count). The summed E-state index contributed by atoms with van der Waals surface area (Å²) >= 11 is 0. The van der Waals surface area contributed by atoms with E-state index >= 15 is 0 Å². The highest BCUT2D eigenvalue weighted by molar-refractivity contribution is 5.88. The van der Waals surface area contributed by atoms with Gasteiger partial charge in [0.2, 0.25) is 5.91 Å². The SMILES string of the molecule is O=C(O)CN(C(=O)C1CCOc2ccccc21)C1CC1. The van der Waals surface area contributed by atoms with Crippen molar-refractivity contribution >= 4 is 11.9 Å². The number of hydrogen-bond acceptors (Lipinski definition) is 3. The van der Waals surface area contributed by atoms with Crippen LogP contribution >= 0.6 is 0 Å². The van der Waals surface area contributed by atoms with E-state index in [0.29, 0.717) is 13.0 Å². The molecule has 1 saturated carbocycles. The zero-order valence-electron chi connectivity index (χ0n) is 11.1. The summed E-state index contributed by atoms with van der Waals surface area (Å²) in [7, 11) is 0. The monoisotopic (exact) mass is 275 g/mol. The lowest BCUT2D eigenvalue weighted by Crippen LogP contribution is -2.41. The van der Waals surface area contributed by atoms with Crippen molar-refractivity contribution in [3.05, 3.63) is 29.8 Å². The lowest BCUT2D eigenvalue weighted by atomic mass is 9.91. The maximum Gasteiger partial charge on any atom is 0.323 e. The molecule has 1 aliphatic carbocycles. The van der Waals surface area contributed by atoms with E-state index in [9.17, 15) is 9.59 Å². The van der Waals surface area contributed by atoms with Gasteiger partial charge in [0.05, 0.1) is 12.5 Å². The van der Waals surface area contributed by atoms with Crippen molar-refractivity contribution in [2.24, 2.45) is 0 Å². The van der Waals surface area contributed by atoms with E-state index in [4.69, 9.17) is 9.84 Å². The van der Waals surface area contributed by atoms with E-state index in [1.807, 2.05) is 24.3 Å². The minimum Gasteiger partial charge on any atom is -0.493 e. The van der Waals surface area contributed by atoms with Crippen LogP contribution in [0.15, 0.2) is 24.3 Å². The largest absolute Gasteiger partial charge is 0.493 e. The van der Waals surface area contributed by atoms with Crippen LogP contribution < -0.4 is 4.74 Å². The Morgan fingerprint density at radius 3 is 2.70 bits per heavy atom. The summed E-state index contributed by atoms with van der Waals surface area (Å²) in [6.45, 7) is 0.294. The van der Waals surface area contributed by atoms with Crippen LogP contribution in [0.1, 0.15) is 30.7 Å². The fourth-order valence-corrected chi connectivity index (χ4v) is 2.72. The van der Waals surface area contributed by atoms with Crippen LogP contribution in [0, 0.1) is 0 Å². The van der Waals surface area contributed by atoms with Crippen LogP contribution in [-0.2, 0) is 9.59 Å². The summed E-state index contributed by atoms with van der Waals surface area (Å²) in [6.07, 6.45) is 2.42. The Labute approximate surface area is 117 Å². The van der Waals surface area contributed by atoms with Gasteiger partial charge in [-0.3, -0.25) is 9.59 Å². The predicted octanol–water partition coefficient (Wildman–Crippen LogP) is 1.63. The van der Waals surface area contributed by atoms with Gasteiger partial charge in [-0.05, 0) is 25.3 Å². The lowest BCUT2D eigenvalue weighted by molar-refractivity contribution is -0.145. The van der Waals surface area contributed by atoms with Crippen molar-refractivity contribution < 1.29 is 19.4 Å². The Balaban J connectivity index is 1.84. The molecule has 0 aromatic heterocycles. The number of carboxylic acids is 1. The predicted molar refractivity (Wildman–Crippen MR) is 71.7 cm³/mol. The Morgan fingerprint density at radius 1 is 1.25 bits per heavy atom. The first-order chi connectivity index (χ1) is 9.66. The Morgan fingerprint density at radius 2 is 2.00 bits per heavy atom. The average Bonchev–Trinajstić information content (AvgIpc) is 3.28. The minimum absolute atomic E-state index is 0.0781. The highest BCUT2D eigenvalue weighted by Crippen LogP contribution is 2.37. The summed E-state index contributed by atoms with van der Waals surface area (Å²) in [5.74, 6) is -0.570. The molecule has 1 unspecified atom stereocenters. The smallest absolute Gasteiger partial charge is 0.323 e. The van der Waals surface area contributed by atoms with Gasteiger partial charge in [0.1, 0.15) is 12.3 Å². The van der Waals surface area contributed by atoms with E-state index in [1.54, 1.807) is 0 Å². The summed E-state index contributed by atoms with van der Waals surface area (Å²) in [5.41, 5.74) is 0.875. The van der Waals surface area contributed by atoms with Crippen molar-refractivity contribution in [3.63, 3.8) is 0 Å². The third kappa shape index (κ3) is 2.48. The van der Waals surface area contributed by atoms with Gasteiger partial charge >= 0.3 is 5.97 Å². The van der Waals surface area contributed by atoms with Crippen molar-refractivity contribution in [2.45, 2.75) is 31.2 Å². The van der Waals surface area contributed by atoms with Gasteiger partial charge in [-0.15, -0.1) is 0 Å². The Hall–Kier alpha value is -2.04. The number of carbonyl (C=O) groups excluding carboxylic acids is 1. The molecule has 1 N–H and O–H groups in total. The topological polar surface area (TPSA) is 66.8 Å². The van der Waals surface area contributed by atoms with Crippen molar-refractivity contribution in [2.75, 3.05) is 13.2 Å². The molecule has 0 radical (unpaired) electrons. The minimum atomic E-state index is -0.953. The molecule has 1 aliphatic heterocycles. The molecule has 5 heteroatoms. The molecule has 5 nitrogen and oxygen atoms in total. The first kappa shape index (κ1) is 13.0. The highest BCUT2D eigenvalue weighted by Gasteiger charge is 2.38. The number of aliphatic carboxylic acids is 1. The summed E-state index contributed by atoms with van der Waals surface area (Å²) in [5, 5.41) is 8.98. The van der Waals surface area contributed by atoms with E-state index in [0.717, 1.165) is 24.2 Å². The van der Waals surface area contributed by atoms with Gasteiger partial charge in [-0.2, -0.15) is 0 Å². The average molecular weight is 275 g/mol. The molecule has 1 amide bonds. The van der Waals surface area contributed by atoms with Crippen LogP contribution in [0.4, 0.5) is 0 Å². The second-order valence-electron chi connectivity index (χ2n) is 5.32. The fourth-order valence-electron chi connectivity index (χ4n) is 2.72. The van der Waals surface area contributed by atoms with E-state index in [2.05, 4.69) is 0 Å². The number of fused-ring (bicyclic) bond motifs is 1. The van der Waals surface area contributed by atoms with E-state index in [-0.39, 0.29) is 24.4 Å². The number of ether oxygens (including phenoxy) is 1. The maximum atomic E-state index is 12.7. The molecule has 0 spiro atoms. The zero-order chi connectivity index (χ0) is 14.1. The quantitative estimate of drug-likeness (QED) is 0.907. The summed E-state index contributed by atoms with van der Waals surface area (Å²) in [4.78, 5) is 25.2. The third-order valence-corrected chi connectivity index (χ3v) is 3.83. The van der Waals surface area contributed by atoms with Crippen LogP contribution in [-0.4, -0.2) is 41.1 Å². The number of rotatable bonds is 4. The molecule has 106 valence electrons. The third-order valence-electron chi connectivity index (χ3n) is 3.83. The van der Waals surface area contributed by atoms with Gasteiger partial charge in [-0.25, -0.2) is 0 Å². The first-order valence-electron chi connectivity index (χ1n) is 6.91. The van der Waals surface area contributed by atoms with E-state index < -0.39 is 5.97 Å². The fraction of sp³-hybridized carbons (Fsp3) is 0.467. The molecule has 1 aromatic rings. The number of carboxylic acid groups (broad SMARTS) is 1. The molecule has 20 heavy (non-hydrogen) atoms. The zero-order valence-corrected chi connectivity index (χ0v) is 11.1. The standard InChI is InChI=1S/C15H17NO4/c17-14(18)9-16(10-5-6-10)15(19)12-7-8-20-13-4-2-1-3-11(12)13/h1-4,10,12H,5-9H2,(H,17,18). The molecule has 1 atom stereocenters. The maximum absolute atomic E-state index is 12.7. The van der Waals surface area contributed by atoms with Crippen molar-refractivity contribution in [3.8, 4) is 5.75 Å². The van der Waals surface area contributed by atoms with Crippen LogP contribution in [0.3, 0.4) is 0 Å². The molecule has 1 fully saturated rings. The van der Waals surface area contributed by atoms with Gasteiger partial charge in [0, 0.05) is 11.6 Å². The van der Waals surface area contributed by atoms with Crippen LogP contribution in [0.5, 0.6) is 5.75 Å². The normalized spacial score (nSPS) is 20.7. The second kappa shape index (κ2) is 5.15. The van der Waals surface area contributed by atoms with Crippen LogP contribution in [0.25, 0.3) is 0 Å². The molecule has 1 heterocycles. The summed E-state index contributed by atoms with van der Waals surface area (Å²) in [6, 6.07) is 7.61. The molecular formula is C15H17NO4. The first-order valence-corrected chi connectivity index (χ1v) is 6.91. The second-order valence-corrected chi connectivity index (χ2v) is 5.32. The van der Waals surface area contributed by atoms with Crippen molar-refractivity contribution in [1.29, 1.82) is 0 Å². The highest BCUT2D eigenvalue weighted by atomic mass is 16.5. The van der Waals surface area contributed by atoms with Gasteiger partial charge in [-0.1, -0.05) is 18.2 Å². The van der Waals surface area contributed by atoms with Gasteiger partial charge in [0.15, 0.2) is 0 Å².